The van der Waals surface area contributed by atoms with E-state index in [4.69, 9.17) is 0 Å². The van der Waals surface area contributed by atoms with Crippen molar-refractivity contribution in [2.45, 2.75) is 31.8 Å². The van der Waals surface area contributed by atoms with Gasteiger partial charge < -0.3 is 5.11 Å². The van der Waals surface area contributed by atoms with Gasteiger partial charge in [-0.2, -0.15) is 0 Å². The summed E-state index contributed by atoms with van der Waals surface area (Å²) in [5, 5.41) is 10.2. The summed E-state index contributed by atoms with van der Waals surface area (Å²) in [4.78, 5) is 6.58. The van der Waals surface area contributed by atoms with Gasteiger partial charge in [-0.15, -0.1) is 11.3 Å². The number of aliphatic hydroxyl groups is 1. The molecule has 0 bridgehead atoms. The van der Waals surface area contributed by atoms with Crippen molar-refractivity contribution < 1.29 is 5.11 Å². The van der Waals surface area contributed by atoms with Crippen molar-refractivity contribution in [3.63, 3.8) is 0 Å². The molecule has 0 aliphatic heterocycles. The number of hydrogen-bond acceptors (Lipinski definition) is 3. The highest BCUT2D eigenvalue weighted by Gasteiger charge is 2.18. The van der Waals surface area contributed by atoms with Gasteiger partial charge in [-0.05, 0) is 48.6 Å². The van der Waals surface area contributed by atoms with E-state index in [1.165, 1.54) is 29.7 Å². The van der Waals surface area contributed by atoms with Gasteiger partial charge in [0.15, 0.2) is 0 Å². The largest absolute Gasteiger partial charge is 0.387 e. The smallest absolute Gasteiger partial charge is 0.0922 e. The first-order valence-corrected chi connectivity index (χ1v) is 6.83. The number of nitrogens with zero attached hydrogens (tertiary/aromatic N) is 1. The number of pyridine rings is 1. The minimum Gasteiger partial charge on any atom is -0.387 e. The maximum Gasteiger partial charge on any atom is 0.0922 e. The maximum absolute atomic E-state index is 10.2. The van der Waals surface area contributed by atoms with E-state index >= 15 is 0 Å². The lowest BCUT2D eigenvalue weighted by Crippen LogP contribution is -1.99. The predicted octanol–water partition coefficient (Wildman–Crippen LogP) is 2.91. The Morgan fingerprint density at radius 2 is 2.12 bits per heavy atom. The number of rotatable bonds is 3. The molecule has 2 aromatic heterocycles. The number of aliphatic hydroxyl groups excluding tert-OH is 1. The van der Waals surface area contributed by atoms with Crippen LogP contribution in [0.15, 0.2) is 30.6 Å². The van der Waals surface area contributed by atoms with Gasteiger partial charge in [0.25, 0.3) is 0 Å². The SMILES string of the molecule is OC(Cc1ccncc1)c1cc2c(s1)CCC2. The molecule has 2 heterocycles. The van der Waals surface area contributed by atoms with Crippen LogP contribution < -0.4 is 0 Å². The number of fused-ring (bicyclic) bond motifs is 1. The molecular weight excluding hydrogens is 230 g/mol. The van der Waals surface area contributed by atoms with Crippen molar-refractivity contribution in [3.05, 3.63) is 51.5 Å². The summed E-state index contributed by atoms with van der Waals surface area (Å²) in [5.74, 6) is 0. The van der Waals surface area contributed by atoms with Gasteiger partial charge in [-0.1, -0.05) is 0 Å². The number of thiophene rings is 1. The van der Waals surface area contributed by atoms with Crippen molar-refractivity contribution in [1.82, 2.24) is 4.98 Å². The van der Waals surface area contributed by atoms with Crippen LogP contribution in [0.5, 0.6) is 0 Å². The predicted molar refractivity (Wildman–Crippen MR) is 69.2 cm³/mol. The Bertz CT molecular complexity index is 485. The van der Waals surface area contributed by atoms with Gasteiger partial charge in [-0.25, -0.2) is 0 Å². The second-order valence-electron chi connectivity index (χ2n) is 4.53. The average molecular weight is 245 g/mol. The molecule has 1 aliphatic carbocycles. The molecule has 0 amide bonds. The molecule has 0 saturated carbocycles. The highest BCUT2D eigenvalue weighted by molar-refractivity contribution is 7.12. The van der Waals surface area contributed by atoms with Gasteiger partial charge in [0.05, 0.1) is 6.10 Å². The highest BCUT2D eigenvalue weighted by Crippen LogP contribution is 2.34. The zero-order valence-corrected chi connectivity index (χ0v) is 10.4. The lowest BCUT2D eigenvalue weighted by atomic mass is 10.1. The zero-order chi connectivity index (χ0) is 11.7. The molecule has 3 rings (SSSR count). The molecule has 0 spiro atoms. The van der Waals surface area contributed by atoms with E-state index in [1.807, 2.05) is 12.1 Å². The summed E-state index contributed by atoms with van der Waals surface area (Å²) in [5.41, 5.74) is 2.60. The lowest BCUT2D eigenvalue weighted by Gasteiger charge is -2.08. The van der Waals surface area contributed by atoms with Gasteiger partial charge in [0.1, 0.15) is 0 Å². The van der Waals surface area contributed by atoms with Gasteiger partial charge in [0.2, 0.25) is 0 Å². The molecule has 3 heteroatoms. The molecule has 1 unspecified atom stereocenters. The summed E-state index contributed by atoms with van der Waals surface area (Å²) in [6.45, 7) is 0. The summed E-state index contributed by atoms with van der Waals surface area (Å²) in [7, 11) is 0. The molecule has 1 N–H and O–H groups in total. The van der Waals surface area contributed by atoms with Crippen LogP contribution in [0.25, 0.3) is 0 Å². The lowest BCUT2D eigenvalue weighted by molar-refractivity contribution is 0.182. The Balaban J connectivity index is 1.75. The third-order valence-corrected chi connectivity index (χ3v) is 4.61. The molecule has 2 aromatic rings. The molecule has 17 heavy (non-hydrogen) atoms. The molecule has 1 aliphatic rings. The van der Waals surface area contributed by atoms with E-state index in [2.05, 4.69) is 11.1 Å². The maximum atomic E-state index is 10.2. The monoisotopic (exact) mass is 245 g/mol. The van der Waals surface area contributed by atoms with Crippen molar-refractivity contribution in [1.29, 1.82) is 0 Å². The number of aryl methyl sites for hydroxylation is 2. The first kappa shape index (κ1) is 10.9. The van der Waals surface area contributed by atoms with E-state index < -0.39 is 0 Å². The molecule has 0 radical (unpaired) electrons. The minimum absolute atomic E-state index is 0.368. The van der Waals surface area contributed by atoms with Crippen LogP contribution in [0.2, 0.25) is 0 Å². The molecule has 0 fully saturated rings. The number of aromatic nitrogens is 1. The summed E-state index contributed by atoms with van der Waals surface area (Å²) >= 11 is 1.78. The van der Waals surface area contributed by atoms with Crippen molar-refractivity contribution in [2.75, 3.05) is 0 Å². The molecular formula is C14H15NOS. The summed E-state index contributed by atoms with van der Waals surface area (Å²) < 4.78 is 0. The first-order chi connectivity index (χ1) is 8.33. The van der Waals surface area contributed by atoms with E-state index in [0.717, 1.165) is 10.4 Å². The topological polar surface area (TPSA) is 33.1 Å². The normalized spacial score (nSPS) is 15.8. The Labute approximate surface area is 105 Å². The zero-order valence-electron chi connectivity index (χ0n) is 9.60. The molecule has 1 atom stereocenters. The van der Waals surface area contributed by atoms with Gasteiger partial charge in [-0.3, -0.25) is 4.98 Å². The quantitative estimate of drug-likeness (QED) is 0.902. The molecule has 0 saturated heterocycles. The van der Waals surface area contributed by atoms with Crippen LogP contribution >= 0.6 is 11.3 Å². The van der Waals surface area contributed by atoms with Crippen LogP contribution in [0, 0.1) is 0 Å². The van der Waals surface area contributed by atoms with Crippen molar-refractivity contribution >= 4 is 11.3 Å². The van der Waals surface area contributed by atoms with Crippen LogP contribution in [-0.4, -0.2) is 10.1 Å². The van der Waals surface area contributed by atoms with E-state index in [9.17, 15) is 5.11 Å². The first-order valence-electron chi connectivity index (χ1n) is 6.01. The second kappa shape index (κ2) is 4.59. The van der Waals surface area contributed by atoms with Gasteiger partial charge in [0, 0.05) is 28.6 Å². The van der Waals surface area contributed by atoms with Crippen LogP contribution in [0.1, 0.15) is 33.4 Å². The Morgan fingerprint density at radius 3 is 2.88 bits per heavy atom. The van der Waals surface area contributed by atoms with E-state index in [-0.39, 0.29) is 6.10 Å². The molecule has 0 aromatic carbocycles. The fourth-order valence-electron chi connectivity index (χ4n) is 2.36. The Hall–Kier alpha value is -1.19. The van der Waals surface area contributed by atoms with Crippen LogP contribution in [0.3, 0.4) is 0 Å². The van der Waals surface area contributed by atoms with Crippen molar-refractivity contribution in [2.24, 2.45) is 0 Å². The minimum atomic E-state index is -0.368. The second-order valence-corrected chi connectivity index (χ2v) is 5.69. The third-order valence-electron chi connectivity index (χ3n) is 3.27. The Kier molecular flexibility index (Phi) is 2.95. The van der Waals surface area contributed by atoms with Crippen LogP contribution in [0.4, 0.5) is 0 Å². The van der Waals surface area contributed by atoms with E-state index in [0.29, 0.717) is 6.42 Å². The fraction of sp³-hybridized carbons (Fsp3) is 0.357. The molecule has 2 nitrogen and oxygen atoms in total. The highest BCUT2D eigenvalue weighted by atomic mass is 32.1. The standard InChI is InChI=1S/C14H15NOS/c16-12(8-10-4-6-15-7-5-10)14-9-11-2-1-3-13(11)17-14/h4-7,9,12,16H,1-3,8H2. The number of hydrogen-bond donors (Lipinski definition) is 1. The van der Waals surface area contributed by atoms with E-state index in [1.54, 1.807) is 23.7 Å². The third kappa shape index (κ3) is 2.26. The molecule has 88 valence electrons. The van der Waals surface area contributed by atoms with Crippen LogP contribution in [-0.2, 0) is 19.3 Å². The fourth-order valence-corrected chi connectivity index (χ4v) is 3.60. The van der Waals surface area contributed by atoms with Crippen molar-refractivity contribution in [3.8, 4) is 0 Å². The van der Waals surface area contributed by atoms with Gasteiger partial charge >= 0.3 is 0 Å². The Morgan fingerprint density at radius 1 is 1.29 bits per heavy atom. The average Bonchev–Trinajstić information content (AvgIpc) is 2.90. The summed E-state index contributed by atoms with van der Waals surface area (Å²) in [6.07, 6.45) is 7.53. The summed E-state index contributed by atoms with van der Waals surface area (Å²) in [6, 6.07) is 6.12.